The third-order valence-corrected chi connectivity index (χ3v) is 5.54. The molecule has 1 atom stereocenters. The molecule has 2 aromatic heterocycles. The second-order valence-corrected chi connectivity index (χ2v) is 7.29. The van der Waals surface area contributed by atoms with E-state index < -0.39 is 0 Å². The van der Waals surface area contributed by atoms with Crippen molar-refractivity contribution in [2.75, 3.05) is 0 Å². The van der Waals surface area contributed by atoms with E-state index >= 15 is 0 Å². The van der Waals surface area contributed by atoms with Crippen molar-refractivity contribution in [2.45, 2.75) is 32.4 Å². The molecular weight excluding hydrogens is 334 g/mol. The van der Waals surface area contributed by atoms with Gasteiger partial charge in [-0.15, -0.1) is 11.3 Å². The molecule has 4 nitrogen and oxygen atoms in total. The summed E-state index contributed by atoms with van der Waals surface area (Å²) in [5.41, 5.74) is 2.15. The Morgan fingerprint density at radius 1 is 1.28 bits per heavy atom. The summed E-state index contributed by atoms with van der Waals surface area (Å²) in [5, 5.41) is 3.08. The SMILES string of the molecule is C[C@@H](CCc1ccco1)NC(=O)c1cc2c(s1)-c1ccccc1OC2. The molecule has 0 saturated heterocycles. The molecule has 1 aliphatic heterocycles. The van der Waals surface area contributed by atoms with Gasteiger partial charge < -0.3 is 14.5 Å². The third kappa shape index (κ3) is 3.33. The van der Waals surface area contributed by atoms with Crippen molar-refractivity contribution in [3.8, 4) is 16.2 Å². The molecule has 1 amide bonds. The zero-order valence-corrected chi connectivity index (χ0v) is 14.8. The molecule has 3 heterocycles. The maximum absolute atomic E-state index is 12.6. The van der Waals surface area contributed by atoms with Gasteiger partial charge in [-0.2, -0.15) is 0 Å². The average molecular weight is 353 g/mol. The molecule has 5 heteroatoms. The van der Waals surface area contributed by atoms with Crippen molar-refractivity contribution in [2.24, 2.45) is 0 Å². The second-order valence-electron chi connectivity index (χ2n) is 6.24. The molecule has 128 valence electrons. The summed E-state index contributed by atoms with van der Waals surface area (Å²) in [6.07, 6.45) is 3.33. The minimum Gasteiger partial charge on any atom is -0.488 e. The van der Waals surface area contributed by atoms with Gasteiger partial charge in [-0.25, -0.2) is 0 Å². The highest BCUT2D eigenvalue weighted by Crippen LogP contribution is 2.42. The highest BCUT2D eigenvalue weighted by atomic mass is 32.1. The fraction of sp³-hybridized carbons (Fsp3) is 0.250. The van der Waals surface area contributed by atoms with E-state index in [0.29, 0.717) is 6.61 Å². The molecule has 0 bridgehead atoms. The van der Waals surface area contributed by atoms with Crippen LogP contribution in [0.1, 0.15) is 34.3 Å². The first-order valence-corrected chi connectivity index (χ1v) is 9.20. The van der Waals surface area contributed by atoms with Gasteiger partial charge in [0.1, 0.15) is 18.1 Å². The van der Waals surface area contributed by atoms with Crippen LogP contribution in [-0.4, -0.2) is 11.9 Å². The molecule has 0 aliphatic carbocycles. The van der Waals surface area contributed by atoms with Crippen LogP contribution < -0.4 is 10.1 Å². The van der Waals surface area contributed by atoms with E-state index in [0.717, 1.165) is 45.2 Å². The molecule has 1 aromatic carbocycles. The fourth-order valence-electron chi connectivity index (χ4n) is 2.99. The lowest BCUT2D eigenvalue weighted by Gasteiger charge is -2.16. The molecule has 0 fully saturated rings. The monoisotopic (exact) mass is 353 g/mol. The minimum atomic E-state index is -0.0242. The fourth-order valence-corrected chi connectivity index (χ4v) is 4.09. The van der Waals surface area contributed by atoms with Gasteiger partial charge in [-0.05, 0) is 43.7 Å². The van der Waals surface area contributed by atoms with Crippen LogP contribution in [0.15, 0.2) is 53.1 Å². The number of aryl methyl sites for hydroxylation is 1. The van der Waals surface area contributed by atoms with Crippen LogP contribution in [0.2, 0.25) is 0 Å². The molecule has 4 rings (SSSR count). The van der Waals surface area contributed by atoms with Crippen LogP contribution in [0.4, 0.5) is 0 Å². The first kappa shape index (κ1) is 16.0. The zero-order chi connectivity index (χ0) is 17.2. The van der Waals surface area contributed by atoms with Gasteiger partial charge in [-0.1, -0.05) is 12.1 Å². The summed E-state index contributed by atoms with van der Waals surface area (Å²) >= 11 is 1.53. The average Bonchev–Trinajstić information content (AvgIpc) is 3.29. The Morgan fingerprint density at radius 2 is 2.16 bits per heavy atom. The number of amides is 1. The number of hydrogen-bond donors (Lipinski definition) is 1. The largest absolute Gasteiger partial charge is 0.488 e. The quantitative estimate of drug-likeness (QED) is 0.726. The number of thiophene rings is 1. The maximum atomic E-state index is 12.6. The normalized spacial score (nSPS) is 13.5. The Labute approximate surface area is 150 Å². The second kappa shape index (κ2) is 6.76. The number of fused-ring (bicyclic) bond motifs is 3. The number of para-hydroxylation sites is 1. The maximum Gasteiger partial charge on any atom is 0.261 e. The van der Waals surface area contributed by atoms with E-state index in [1.165, 1.54) is 11.3 Å². The minimum absolute atomic E-state index is 0.0242. The smallest absolute Gasteiger partial charge is 0.261 e. The van der Waals surface area contributed by atoms with Gasteiger partial charge in [0.15, 0.2) is 0 Å². The topological polar surface area (TPSA) is 51.5 Å². The van der Waals surface area contributed by atoms with Gasteiger partial charge in [0.25, 0.3) is 5.91 Å². The lowest BCUT2D eigenvalue weighted by Crippen LogP contribution is -2.32. The highest BCUT2D eigenvalue weighted by molar-refractivity contribution is 7.17. The van der Waals surface area contributed by atoms with Crippen LogP contribution >= 0.6 is 11.3 Å². The number of furan rings is 1. The van der Waals surface area contributed by atoms with Crippen LogP contribution in [-0.2, 0) is 13.0 Å². The number of carbonyl (C=O) groups excluding carboxylic acids is 1. The van der Waals surface area contributed by atoms with E-state index in [1.807, 2.05) is 49.4 Å². The predicted octanol–water partition coefficient (Wildman–Crippen LogP) is 4.65. The van der Waals surface area contributed by atoms with Crippen molar-refractivity contribution in [3.05, 3.63) is 64.9 Å². The van der Waals surface area contributed by atoms with Gasteiger partial charge in [-0.3, -0.25) is 4.79 Å². The Bertz CT molecular complexity index is 882. The van der Waals surface area contributed by atoms with Crippen molar-refractivity contribution < 1.29 is 13.9 Å². The van der Waals surface area contributed by atoms with Gasteiger partial charge in [0.2, 0.25) is 0 Å². The standard InChI is InChI=1S/C20H19NO3S/c1-13(8-9-15-5-4-10-23-15)21-20(22)18-11-14-12-24-17-7-3-2-6-16(17)19(14)25-18/h2-7,10-11,13H,8-9,12H2,1H3,(H,21,22)/t13-/m0/s1. The first-order valence-electron chi connectivity index (χ1n) is 8.39. The number of carbonyl (C=O) groups is 1. The Morgan fingerprint density at radius 3 is 3.00 bits per heavy atom. The van der Waals surface area contributed by atoms with E-state index in [9.17, 15) is 4.79 Å². The Hall–Kier alpha value is -2.53. The number of benzene rings is 1. The summed E-state index contributed by atoms with van der Waals surface area (Å²) in [4.78, 5) is 14.4. The number of ether oxygens (including phenoxy) is 1. The van der Waals surface area contributed by atoms with Crippen molar-refractivity contribution in [1.29, 1.82) is 0 Å². The first-order chi connectivity index (χ1) is 12.2. The third-order valence-electron chi connectivity index (χ3n) is 4.33. The molecule has 0 unspecified atom stereocenters. The van der Waals surface area contributed by atoms with Crippen LogP contribution in [0, 0.1) is 0 Å². The van der Waals surface area contributed by atoms with Crippen molar-refractivity contribution in [3.63, 3.8) is 0 Å². The molecular formula is C20H19NO3S. The molecule has 0 saturated carbocycles. The number of hydrogen-bond acceptors (Lipinski definition) is 4. The number of nitrogens with one attached hydrogen (secondary N) is 1. The van der Waals surface area contributed by atoms with Gasteiger partial charge in [0, 0.05) is 28.5 Å². The molecule has 0 spiro atoms. The molecule has 1 N–H and O–H groups in total. The predicted molar refractivity (Wildman–Crippen MR) is 98.0 cm³/mol. The zero-order valence-electron chi connectivity index (χ0n) is 14.0. The molecule has 1 aliphatic rings. The summed E-state index contributed by atoms with van der Waals surface area (Å²) in [7, 11) is 0. The Kier molecular flexibility index (Phi) is 4.32. The lowest BCUT2D eigenvalue weighted by molar-refractivity contribution is 0.0942. The van der Waals surface area contributed by atoms with Crippen LogP contribution in [0.25, 0.3) is 10.4 Å². The summed E-state index contributed by atoms with van der Waals surface area (Å²) in [6.45, 7) is 2.54. The summed E-state index contributed by atoms with van der Waals surface area (Å²) in [5.74, 6) is 1.81. The van der Waals surface area contributed by atoms with E-state index in [1.54, 1.807) is 6.26 Å². The summed E-state index contributed by atoms with van der Waals surface area (Å²) < 4.78 is 11.1. The lowest BCUT2D eigenvalue weighted by atomic mass is 10.1. The van der Waals surface area contributed by atoms with E-state index in [-0.39, 0.29) is 11.9 Å². The van der Waals surface area contributed by atoms with Crippen molar-refractivity contribution >= 4 is 17.2 Å². The van der Waals surface area contributed by atoms with Crippen LogP contribution in [0.5, 0.6) is 5.75 Å². The number of rotatable bonds is 5. The molecule has 25 heavy (non-hydrogen) atoms. The highest BCUT2D eigenvalue weighted by Gasteiger charge is 2.22. The molecule has 3 aromatic rings. The van der Waals surface area contributed by atoms with E-state index in [2.05, 4.69) is 5.32 Å². The van der Waals surface area contributed by atoms with Gasteiger partial charge >= 0.3 is 0 Å². The van der Waals surface area contributed by atoms with Gasteiger partial charge in [0.05, 0.1) is 11.1 Å². The van der Waals surface area contributed by atoms with Crippen molar-refractivity contribution in [1.82, 2.24) is 5.32 Å². The molecule has 0 radical (unpaired) electrons. The summed E-state index contributed by atoms with van der Waals surface area (Å²) in [6, 6.07) is 13.8. The van der Waals surface area contributed by atoms with E-state index in [4.69, 9.17) is 9.15 Å². The Balaban J connectivity index is 1.44. The van der Waals surface area contributed by atoms with Crippen LogP contribution in [0.3, 0.4) is 0 Å².